The molecule has 1 aromatic rings. The second-order valence-corrected chi connectivity index (χ2v) is 6.08. The zero-order valence-corrected chi connectivity index (χ0v) is 13.2. The molecule has 2 amide bonds. The summed E-state index contributed by atoms with van der Waals surface area (Å²) in [5.41, 5.74) is 0. The molecule has 5 nitrogen and oxygen atoms in total. The molecule has 0 aromatic carbocycles. The van der Waals surface area contributed by atoms with Crippen LogP contribution in [0.3, 0.4) is 0 Å². The van der Waals surface area contributed by atoms with E-state index in [2.05, 4.69) is 26.6 Å². The highest BCUT2D eigenvalue weighted by Gasteiger charge is 2.25. The van der Waals surface area contributed by atoms with Crippen LogP contribution in [0.5, 0.6) is 0 Å². The van der Waals surface area contributed by atoms with Gasteiger partial charge in [-0.15, -0.1) is 11.3 Å². The number of hydrogen-bond donors (Lipinski definition) is 3. The number of aliphatic carboxylic acids is 1. The number of thiophene rings is 1. The summed E-state index contributed by atoms with van der Waals surface area (Å²) < 4.78 is 0.939. The largest absolute Gasteiger partial charge is 0.480 e. The smallest absolute Gasteiger partial charge is 0.326 e. The third kappa shape index (κ3) is 4.83. The molecule has 1 unspecified atom stereocenters. The van der Waals surface area contributed by atoms with Crippen molar-refractivity contribution in [2.45, 2.75) is 32.9 Å². The maximum Gasteiger partial charge on any atom is 0.326 e. The van der Waals surface area contributed by atoms with Crippen LogP contribution in [0.2, 0.25) is 0 Å². The number of hydrogen-bond acceptors (Lipinski definition) is 3. The van der Waals surface area contributed by atoms with Gasteiger partial charge in [0.25, 0.3) is 0 Å². The molecular formula is C12H17BrN2O3S. The zero-order valence-electron chi connectivity index (χ0n) is 10.8. The maximum absolute atomic E-state index is 11.7. The van der Waals surface area contributed by atoms with Crippen molar-refractivity contribution in [2.24, 2.45) is 5.92 Å². The van der Waals surface area contributed by atoms with E-state index in [1.807, 2.05) is 18.4 Å². The summed E-state index contributed by atoms with van der Waals surface area (Å²) in [5.74, 6) is -1.13. The number of carboxylic acids is 1. The average molecular weight is 349 g/mol. The third-order valence-corrected chi connectivity index (χ3v) is 4.79. The van der Waals surface area contributed by atoms with Crippen molar-refractivity contribution in [3.63, 3.8) is 0 Å². The minimum absolute atomic E-state index is 0.114. The second-order valence-electron chi connectivity index (χ2n) is 4.22. The Morgan fingerprint density at radius 1 is 1.53 bits per heavy atom. The van der Waals surface area contributed by atoms with Crippen molar-refractivity contribution in [2.75, 3.05) is 0 Å². The summed E-state index contributed by atoms with van der Waals surface area (Å²) in [5, 5.41) is 16.1. The molecule has 0 aliphatic carbocycles. The molecular weight excluding hydrogens is 332 g/mol. The summed E-state index contributed by atoms with van der Waals surface area (Å²) in [6.07, 6.45) is 0.688. The van der Waals surface area contributed by atoms with Gasteiger partial charge >= 0.3 is 12.0 Å². The quantitative estimate of drug-likeness (QED) is 0.739. The lowest BCUT2D eigenvalue weighted by Crippen LogP contribution is -2.48. The van der Waals surface area contributed by atoms with Crippen LogP contribution in [0, 0.1) is 5.92 Å². The SMILES string of the molecule is CCC(C)[C@H](NC(=O)NCc1sccc1Br)C(=O)O. The normalized spacial score (nSPS) is 13.6. The Hall–Kier alpha value is -1.08. The van der Waals surface area contributed by atoms with E-state index in [-0.39, 0.29) is 5.92 Å². The predicted octanol–water partition coefficient (Wildman–Crippen LogP) is 2.81. The summed E-state index contributed by atoms with van der Waals surface area (Å²) >= 11 is 4.89. The zero-order chi connectivity index (χ0) is 14.4. The van der Waals surface area contributed by atoms with E-state index in [0.29, 0.717) is 13.0 Å². The van der Waals surface area contributed by atoms with Crippen LogP contribution < -0.4 is 10.6 Å². The lowest BCUT2D eigenvalue weighted by molar-refractivity contribution is -0.140. The van der Waals surface area contributed by atoms with Gasteiger partial charge in [0.2, 0.25) is 0 Å². The van der Waals surface area contributed by atoms with Gasteiger partial charge in [-0.25, -0.2) is 9.59 Å². The average Bonchev–Trinajstić information content (AvgIpc) is 2.77. The fourth-order valence-corrected chi connectivity index (χ4v) is 2.92. The Labute approximate surface area is 124 Å². The number of rotatable bonds is 6. The first kappa shape index (κ1) is 16.0. The van der Waals surface area contributed by atoms with Crippen molar-refractivity contribution in [3.05, 3.63) is 20.8 Å². The molecule has 7 heteroatoms. The summed E-state index contributed by atoms with van der Waals surface area (Å²) in [6, 6.07) is 0.573. The van der Waals surface area contributed by atoms with Gasteiger partial charge in [-0.2, -0.15) is 0 Å². The molecule has 0 saturated carbocycles. The Balaban J connectivity index is 2.49. The first-order valence-corrected chi connectivity index (χ1v) is 7.62. The van der Waals surface area contributed by atoms with Gasteiger partial charge in [0.1, 0.15) is 6.04 Å². The van der Waals surface area contributed by atoms with E-state index in [1.165, 1.54) is 11.3 Å². The van der Waals surface area contributed by atoms with Crippen LogP contribution in [-0.2, 0) is 11.3 Å². The number of halogens is 1. The van der Waals surface area contributed by atoms with Gasteiger partial charge < -0.3 is 15.7 Å². The van der Waals surface area contributed by atoms with Crippen LogP contribution in [0.25, 0.3) is 0 Å². The minimum Gasteiger partial charge on any atom is -0.480 e. The van der Waals surface area contributed by atoms with Crippen molar-refractivity contribution in [3.8, 4) is 0 Å². The molecule has 0 spiro atoms. The highest BCUT2D eigenvalue weighted by molar-refractivity contribution is 9.10. The number of urea groups is 1. The molecule has 1 heterocycles. The fourth-order valence-electron chi connectivity index (χ4n) is 1.49. The molecule has 3 N–H and O–H groups in total. The molecule has 1 rings (SSSR count). The summed E-state index contributed by atoms with van der Waals surface area (Å²) in [6.45, 7) is 4.06. The van der Waals surface area contributed by atoms with Crippen molar-refractivity contribution >= 4 is 39.3 Å². The van der Waals surface area contributed by atoms with Gasteiger partial charge in [0.05, 0.1) is 6.54 Å². The molecule has 1 aromatic heterocycles. The monoisotopic (exact) mass is 348 g/mol. The minimum atomic E-state index is -1.01. The van der Waals surface area contributed by atoms with Gasteiger partial charge in [-0.1, -0.05) is 20.3 Å². The molecule has 0 aliphatic rings. The van der Waals surface area contributed by atoms with E-state index in [0.717, 1.165) is 9.35 Å². The molecule has 0 radical (unpaired) electrons. The number of nitrogens with one attached hydrogen (secondary N) is 2. The van der Waals surface area contributed by atoms with E-state index >= 15 is 0 Å². The first-order valence-electron chi connectivity index (χ1n) is 5.94. The van der Waals surface area contributed by atoms with Crippen LogP contribution in [0.4, 0.5) is 4.79 Å². The highest BCUT2D eigenvalue weighted by Crippen LogP contribution is 2.22. The molecule has 19 heavy (non-hydrogen) atoms. The van der Waals surface area contributed by atoms with Crippen LogP contribution in [0.1, 0.15) is 25.1 Å². The topological polar surface area (TPSA) is 78.4 Å². The van der Waals surface area contributed by atoms with E-state index < -0.39 is 18.0 Å². The Morgan fingerprint density at radius 3 is 2.68 bits per heavy atom. The Bertz CT molecular complexity index is 450. The van der Waals surface area contributed by atoms with Crippen molar-refractivity contribution < 1.29 is 14.7 Å². The van der Waals surface area contributed by atoms with Gasteiger partial charge in [-0.3, -0.25) is 0 Å². The summed E-state index contributed by atoms with van der Waals surface area (Å²) in [7, 11) is 0. The third-order valence-electron chi connectivity index (χ3n) is 2.87. The van der Waals surface area contributed by atoms with Crippen LogP contribution >= 0.6 is 27.3 Å². The Kier molecular flexibility index (Phi) is 6.30. The van der Waals surface area contributed by atoms with E-state index in [9.17, 15) is 9.59 Å². The van der Waals surface area contributed by atoms with Crippen LogP contribution in [0.15, 0.2) is 15.9 Å². The molecule has 0 saturated heterocycles. The lowest BCUT2D eigenvalue weighted by atomic mass is 9.99. The number of carbonyl (C=O) groups excluding carboxylic acids is 1. The highest BCUT2D eigenvalue weighted by atomic mass is 79.9. The standard InChI is InChI=1S/C12H17BrN2O3S/c1-3-7(2)10(11(16)17)15-12(18)14-6-9-8(13)4-5-19-9/h4-5,7,10H,3,6H2,1-2H3,(H,16,17)(H2,14,15,18)/t7?,10-/m0/s1. The van der Waals surface area contributed by atoms with E-state index in [1.54, 1.807) is 6.92 Å². The number of carbonyl (C=O) groups is 2. The summed E-state index contributed by atoms with van der Waals surface area (Å²) in [4.78, 5) is 23.8. The molecule has 2 atom stereocenters. The second kappa shape index (κ2) is 7.49. The lowest BCUT2D eigenvalue weighted by Gasteiger charge is -2.20. The maximum atomic E-state index is 11.7. The van der Waals surface area contributed by atoms with Crippen LogP contribution in [-0.4, -0.2) is 23.1 Å². The molecule has 0 bridgehead atoms. The van der Waals surface area contributed by atoms with Gasteiger partial charge in [0.15, 0.2) is 0 Å². The predicted molar refractivity (Wildman–Crippen MR) is 78.3 cm³/mol. The molecule has 106 valence electrons. The fraction of sp³-hybridized carbons (Fsp3) is 0.500. The molecule has 0 aliphatic heterocycles. The number of carboxylic acid groups (broad SMARTS) is 1. The first-order chi connectivity index (χ1) is 8.95. The van der Waals surface area contributed by atoms with Crippen molar-refractivity contribution in [1.29, 1.82) is 0 Å². The van der Waals surface area contributed by atoms with Gasteiger partial charge in [0, 0.05) is 9.35 Å². The Morgan fingerprint density at radius 2 is 2.21 bits per heavy atom. The van der Waals surface area contributed by atoms with Crippen molar-refractivity contribution in [1.82, 2.24) is 10.6 Å². The van der Waals surface area contributed by atoms with E-state index in [4.69, 9.17) is 5.11 Å². The molecule has 0 fully saturated rings. The van der Waals surface area contributed by atoms with Gasteiger partial charge in [-0.05, 0) is 33.3 Å². The number of amides is 2.